The fourth-order valence-electron chi connectivity index (χ4n) is 3.93. The number of oxime groups is 1. The molecule has 190 valence electrons. The molecular weight excluding hydrogens is 509 g/mol. The van der Waals surface area contributed by atoms with Crippen LogP contribution in [0.1, 0.15) is 30.2 Å². The number of alkyl halides is 4. The third kappa shape index (κ3) is 5.19. The first kappa shape index (κ1) is 25.2. The SMILES string of the molecule is CS(=O)(=O)N[C@@H]1CN(C2=NOC(c3ncc(C(F)F)cc3-c3c(F)cc(F)cc3F)C2)CC1(F)F. The van der Waals surface area contributed by atoms with Crippen LogP contribution in [-0.4, -0.2) is 55.4 Å². The first-order chi connectivity index (χ1) is 16.2. The van der Waals surface area contributed by atoms with Crippen molar-refractivity contribution in [3.63, 3.8) is 0 Å². The highest BCUT2D eigenvalue weighted by Crippen LogP contribution is 2.39. The van der Waals surface area contributed by atoms with Gasteiger partial charge in [0.2, 0.25) is 10.0 Å². The van der Waals surface area contributed by atoms with Crippen molar-refractivity contribution in [3.8, 4) is 11.1 Å². The molecule has 1 aromatic carbocycles. The van der Waals surface area contributed by atoms with E-state index in [-0.39, 0.29) is 18.0 Å². The fraction of sp³-hybridized carbons (Fsp3) is 0.400. The molecule has 0 spiro atoms. The summed E-state index contributed by atoms with van der Waals surface area (Å²) in [5.41, 5.74) is -2.16. The molecule has 2 aliphatic heterocycles. The molecular formula is C20H17F7N4O3S. The van der Waals surface area contributed by atoms with E-state index in [1.165, 1.54) is 0 Å². The summed E-state index contributed by atoms with van der Waals surface area (Å²) in [6.45, 7) is -1.33. The molecule has 7 nitrogen and oxygen atoms in total. The van der Waals surface area contributed by atoms with Crippen molar-refractivity contribution in [1.29, 1.82) is 0 Å². The molecule has 35 heavy (non-hydrogen) atoms. The van der Waals surface area contributed by atoms with Crippen LogP contribution in [-0.2, 0) is 14.9 Å². The molecule has 0 saturated carbocycles. The molecule has 0 aliphatic carbocycles. The van der Waals surface area contributed by atoms with Gasteiger partial charge in [-0.15, -0.1) is 0 Å². The van der Waals surface area contributed by atoms with Crippen LogP contribution in [0.4, 0.5) is 30.7 Å². The van der Waals surface area contributed by atoms with E-state index in [9.17, 15) is 39.2 Å². The number of nitrogens with zero attached hydrogens (tertiary/aromatic N) is 3. The highest BCUT2D eigenvalue weighted by atomic mass is 32.2. The smallest absolute Gasteiger partial charge is 0.282 e. The van der Waals surface area contributed by atoms with Gasteiger partial charge in [0.05, 0.1) is 30.5 Å². The lowest BCUT2D eigenvalue weighted by molar-refractivity contribution is -0.00123. The maximum atomic E-state index is 14.5. The quantitative estimate of drug-likeness (QED) is 0.601. The Morgan fingerprint density at radius 1 is 1.17 bits per heavy atom. The summed E-state index contributed by atoms with van der Waals surface area (Å²) in [4.78, 5) is 10.2. The molecule has 2 aliphatic rings. The third-order valence-corrected chi connectivity index (χ3v) is 6.17. The second kappa shape index (κ2) is 8.93. The lowest BCUT2D eigenvalue weighted by atomic mass is 9.97. The van der Waals surface area contributed by atoms with Gasteiger partial charge in [-0.05, 0) is 6.07 Å². The van der Waals surface area contributed by atoms with Gasteiger partial charge in [0.15, 0.2) is 6.10 Å². The van der Waals surface area contributed by atoms with Crippen LogP contribution in [0.15, 0.2) is 29.6 Å². The Labute approximate surface area is 194 Å². The minimum atomic E-state index is -3.93. The second-order valence-electron chi connectivity index (χ2n) is 8.14. The number of benzene rings is 1. The van der Waals surface area contributed by atoms with Gasteiger partial charge < -0.3 is 9.74 Å². The van der Waals surface area contributed by atoms with Gasteiger partial charge in [0.1, 0.15) is 29.3 Å². The summed E-state index contributed by atoms with van der Waals surface area (Å²) in [5.74, 6) is -7.43. The van der Waals surface area contributed by atoms with Crippen molar-refractivity contribution in [2.75, 3.05) is 19.3 Å². The maximum Gasteiger partial charge on any atom is 0.282 e. The van der Waals surface area contributed by atoms with Crippen molar-refractivity contribution in [2.45, 2.75) is 30.9 Å². The van der Waals surface area contributed by atoms with E-state index in [1.54, 1.807) is 0 Å². The Morgan fingerprint density at radius 3 is 2.43 bits per heavy atom. The van der Waals surface area contributed by atoms with E-state index < -0.39 is 81.7 Å². The largest absolute Gasteiger partial charge is 0.384 e. The van der Waals surface area contributed by atoms with Gasteiger partial charge in [0.25, 0.3) is 12.3 Å². The highest BCUT2D eigenvalue weighted by Gasteiger charge is 2.51. The summed E-state index contributed by atoms with van der Waals surface area (Å²) in [6.07, 6.45) is -2.97. The Kier molecular flexibility index (Phi) is 6.42. The van der Waals surface area contributed by atoms with E-state index in [1.807, 2.05) is 4.72 Å². The molecule has 2 atom stereocenters. The minimum absolute atomic E-state index is 0.0294. The topological polar surface area (TPSA) is 83.9 Å². The van der Waals surface area contributed by atoms with Crippen LogP contribution in [0.3, 0.4) is 0 Å². The van der Waals surface area contributed by atoms with E-state index in [0.717, 1.165) is 23.4 Å². The van der Waals surface area contributed by atoms with Gasteiger partial charge in [-0.1, -0.05) is 5.16 Å². The zero-order chi connectivity index (χ0) is 25.7. The summed E-state index contributed by atoms with van der Waals surface area (Å²) < 4.78 is 122. The Morgan fingerprint density at radius 2 is 1.83 bits per heavy atom. The molecule has 1 fully saturated rings. The van der Waals surface area contributed by atoms with E-state index in [4.69, 9.17) is 4.84 Å². The molecule has 1 N–H and O–H groups in total. The molecule has 1 unspecified atom stereocenters. The number of nitrogens with one attached hydrogen (secondary N) is 1. The molecule has 3 heterocycles. The average molecular weight is 526 g/mol. The number of hydrogen-bond acceptors (Lipinski definition) is 6. The molecule has 1 saturated heterocycles. The first-order valence-electron chi connectivity index (χ1n) is 10.0. The van der Waals surface area contributed by atoms with Crippen LogP contribution in [0, 0.1) is 17.5 Å². The zero-order valence-corrected chi connectivity index (χ0v) is 18.6. The van der Waals surface area contributed by atoms with E-state index in [2.05, 4.69) is 10.1 Å². The van der Waals surface area contributed by atoms with Crippen molar-refractivity contribution >= 4 is 15.9 Å². The summed E-state index contributed by atoms with van der Waals surface area (Å²) in [5, 5.41) is 3.72. The van der Waals surface area contributed by atoms with Crippen LogP contribution in [0.5, 0.6) is 0 Å². The first-order valence-corrected chi connectivity index (χ1v) is 11.9. The lowest BCUT2D eigenvalue weighted by Crippen LogP contribution is -2.46. The van der Waals surface area contributed by atoms with Gasteiger partial charge in [-0.25, -0.2) is 43.9 Å². The summed E-state index contributed by atoms with van der Waals surface area (Å²) in [7, 11) is -3.93. The molecule has 2 aromatic rings. The van der Waals surface area contributed by atoms with E-state index >= 15 is 0 Å². The molecule has 0 bridgehead atoms. The average Bonchev–Trinajstić information content (AvgIpc) is 3.31. The van der Waals surface area contributed by atoms with Crippen molar-refractivity contribution in [1.82, 2.24) is 14.6 Å². The third-order valence-electron chi connectivity index (χ3n) is 5.46. The molecule has 1 aromatic heterocycles. The number of rotatable bonds is 5. The number of hydrogen-bond donors (Lipinski definition) is 1. The Bertz CT molecular complexity index is 1270. The van der Waals surface area contributed by atoms with Crippen LogP contribution < -0.4 is 4.72 Å². The summed E-state index contributed by atoms with van der Waals surface area (Å²) >= 11 is 0. The Balaban J connectivity index is 1.63. The van der Waals surface area contributed by atoms with Crippen molar-refractivity contribution in [3.05, 3.63) is 53.1 Å². The number of halogens is 7. The van der Waals surface area contributed by atoms with Crippen LogP contribution in [0.25, 0.3) is 11.1 Å². The molecule has 15 heteroatoms. The predicted octanol–water partition coefficient (Wildman–Crippen LogP) is 3.75. The van der Waals surface area contributed by atoms with Gasteiger partial charge in [0, 0.05) is 36.0 Å². The van der Waals surface area contributed by atoms with Gasteiger partial charge in [-0.2, -0.15) is 0 Å². The van der Waals surface area contributed by atoms with Crippen molar-refractivity contribution < 1.29 is 44.0 Å². The van der Waals surface area contributed by atoms with Crippen LogP contribution in [0.2, 0.25) is 0 Å². The lowest BCUT2D eigenvalue weighted by Gasteiger charge is -2.18. The minimum Gasteiger partial charge on any atom is -0.384 e. The fourth-order valence-corrected chi connectivity index (χ4v) is 4.69. The van der Waals surface area contributed by atoms with Gasteiger partial charge in [-0.3, -0.25) is 4.98 Å². The number of likely N-dealkylation sites (tertiary alicyclic amines) is 1. The zero-order valence-electron chi connectivity index (χ0n) is 17.8. The molecule has 0 amide bonds. The standard InChI is InChI=1S/C20H17F7N4O3S/c1-35(32,33)30-15-7-31(8-20(15,26)27)16-5-14(34-29-16)18-11(2-9(6-28-18)19(24)25)17-12(22)3-10(21)4-13(17)23/h2-4,6,14-15,19,30H,5,7-8H2,1H3/t14?,15-/m1/s1. The predicted molar refractivity (Wildman–Crippen MR) is 109 cm³/mol. The Hall–Kier alpha value is -2.94. The van der Waals surface area contributed by atoms with E-state index in [0.29, 0.717) is 12.1 Å². The monoisotopic (exact) mass is 526 g/mol. The number of sulfonamides is 1. The highest BCUT2D eigenvalue weighted by molar-refractivity contribution is 7.88. The molecule has 4 rings (SSSR count). The number of pyridine rings is 1. The van der Waals surface area contributed by atoms with Crippen molar-refractivity contribution in [2.24, 2.45) is 5.16 Å². The number of aromatic nitrogens is 1. The summed E-state index contributed by atoms with van der Waals surface area (Å²) in [6, 6.07) is -0.212. The van der Waals surface area contributed by atoms with Gasteiger partial charge >= 0.3 is 0 Å². The molecule has 0 radical (unpaired) electrons. The number of amidine groups is 1. The van der Waals surface area contributed by atoms with Crippen LogP contribution >= 0.6 is 0 Å². The second-order valence-corrected chi connectivity index (χ2v) is 9.92. The normalized spacial score (nSPS) is 22.0. The maximum absolute atomic E-state index is 14.5.